The van der Waals surface area contributed by atoms with Crippen molar-refractivity contribution in [1.82, 2.24) is 34.5 Å². The minimum absolute atomic E-state index is 0.127. The zero-order valence-corrected chi connectivity index (χ0v) is 38.3. The van der Waals surface area contributed by atoms with Crippen LogP contribution in [0.1, 0.15) is 81.8 Å². The molecule has 1 aliphatic heterocycles. The largest absolute Gasteiger partial charge is 0.496 e. The predicted octanol–water partition coefficient (Wildman–Crippen LogP) is 9.01. The quantitative estimate of drug-likeness (QED) is 0.113. The Hall–Kier alpha value is -6.30. The third-order valence-corrected chi connectivity index (χ3v) is 12.6. The Labute approximate surface area is 381 Å². The number of pyridine rings is 1. The van der Waals surface area contributed by atoms with Gasteiger partial charge < -0.3 is 24.4 Å². The summed E-state index contributed by atoms with van der Waals surface area (Å²) in [5.74, 6) is -0.805. The predicted molar refractivity (Wildman–Crippen MR) is 246 cm³/mol. The number of carbonyl (C=O) groups excluding carboxylic acids is 1. The number of aromatic nitrogens is 5. The van der Waals surface area contributed by atoms with E-state index in [1.807, 2.05) is 50.4 Å². The van der Waals surface area contributed by atoms with E-state index in [-0.39, 0.29) is 34.9 Å². The van der Waals surface area contributed by atoms with Gasteiger partial charge in [0.1, 0.15) is 22.6 Å². The molecule has 1 aliphatic carbocycles. The van der Waals surface area contributed by atoms with Crippen LogP contribution in [-0.2, 0) is 22.6 Å². The summed E-state index contributed by atoms with van der Waals surface area (Å²) in [7, 11) is 5.18. The molecule has 0 radical (unpaired) electrons. The van der Waals surface area contributed by atoms with Crippen LogP contribution in [0.3, 0.4) is 0 Å². The molecular weight excluding hydrogens is 851 g/mol. The molecule has 2 aliphatic rings. The number of halogens is 2. The van der Waals surface area contributed by atoms with Crippen molar-refractivity contribution in [1.29, 1.82) is 0 Å². The molecule has 3 aromatic carbocycles. The molecule has 17 heteroatoms. The van der Waals surface area contributed by atoms with Gasteiger partial charge in [-0.3, -0.25) is 19.6 Å². The van der Waals surface area contributed by atoms with Crippen LogP contribution in [-0.4, -0.2) is 109 Å². The summed E-state index contributed by atoms with van der Waals surface area (Å²) in [6, 6.07) is 16.9. The molecule has 0 bridgehead atoms. The number of fused-ring (bicyclic) bond motifs is 2. The smallest absolute Gasteiger partial charge is 0.420 e. The number of amides is 1. The summed E-state index contributed by atoms with van der Waals surface area (Å²) < 4.78 is 49.0. The maximum absolute atomic E-state index is 14.7. The van der Waals surface area contributed by atoms with Crippen molar-refractivity contribution in [3.63, 3.8) is 0 Å². The van der Waals surface area contributed by atoms with Gasteiger partial charge in [0, 0.05) is 55.9 Å². The van der Waals surface area contributed by atoms with Crippen molar-refractivity contribution >= 4 is 45.5 Å². The van der Waals surface area contributed by atoms with Gasteiger partial charge in [-0.25, -0.2) is 33.1 Å². The fourth-order valence-corrected chi connectivity index (χ4v) is 9.27. The molecule has 1 amide bonds. The zero-order valence-electron chi connectivity index (χ0n) is 38.3. The Morgan fingerprint density at radius 1 is 0.939 bits per heavy atom. The summed E-state index contributed by atoms with van der Waals surface area (Å²) in [5, 5.41) is 25.2. The molecular formula is C49H56F2N8O7. The fraction of sp³-hybridized carbons (Fsp3) is 0.429. The number of likely N-dealkylation sites (tertiary alicyclic amines) is 1. The molecule has 15 nitrogen and oxygen atoms in total. The Bertz CT molecular complexity index is 2740. The number of anilines is 2. The number of carbonyl (C=O) groups is 2. The Morgan fingerprint density at radius 2 is 1.64 bits per heavy atom. The first-order chi connectivity index (χ1) is 31.5. The van der Waals surface area contributed by atoms with Crippen LogP contribution in [0.2, 0.25) is 0 Å². The maximum atomic E-state index is 14.7. The SMILES string of the molecule is COc1cc(-n2ncc3c(-c4cccc(N(C(=O)OC(C)(C)C)c5nc(C(F)F)nc6cc(CN(C)[C@H]7CC[C@H](C(=O)O)CC7)cnc56)c4C)cccc32)cc(OC)c1CN1CC[C@@H](O)C1. The van der Waals surface area contributed by atoms with Crippen molar-refractivity contribution in [3.05, 3.63) is 89.5 Å². The van der Waals surface area contributed by atoms with E-state index >= 15 is 0 Å². The maximum Gasteiger partial charge on any atom is 0.420 e. The van der Waals surface area contributed by atoms with E-state index in [0.717, 1.165) is 47.0 Å². The standard InChI is InChI=1S/C49H56F2N8O7/c1-28-34(35-11-9-13-40-36(35)24-53-59(40)32-21-41(64-6)37(42(22-32)65-7)27-57-19-18-33(60)26-57)10-8-12-39(28)58(48(63)66-49(2,3)4)46-43-38(54-45(55-46)44(50)51)20-29(23-52-43)25-56(5)31-16-14-30(15-17-31)47(61)62/h8-13,20-24,30-31,33,44,60H,14-19,25-27H2,1-7H3,(H,61,62)/t30-,31-,33-/m1/s1. The molecule has 8 rings (SSSR count). The number of aliphatic carboxylic acids is 1. The van der Waals surface area contributed by atoms with Crippen LogP contribution in [0.25, 0.3) is 38.8 Å². The lowest BCUT2D eigenvalue weighted by Crippen LogP contribution is -2.36. The van der Waals surface area contributed by atoms with Crippen molar-refractivity contribution in [3.8, 4) is 28.3 Å². The summed E-state index contributed by atoms with van der Waals surface area (Å²) >= 11 is 0. The molecule has 4 heterocycles. The lowest BCUT2D eigenvalue weighted by Gasteiger charge is -2.33. The summed E-state index contributed by atoms with van der Waals surface area (Å²) in [6.07, 6.45) is 2.45. The highest BCUT2D eigenvalue weighted by atomic mass is 19.3. The third kappa shape index (κ3) is 9.50. The van der Waals surface area contributed by atoms with Gasteiger partial charge in [0.15, 0.2) is 11.6 Å². The molecule has 66 heavy (non-hydrogen) atoms. The Kier molecular flexibility index (Phi) is 13.2. The Balaban J connectivity index is 1.18. The average Bonchev–Trinajstić information content (AvgIpc) is 3.92. The summed E-state index contributed by atoms with van der Waals surface area (Å²) in [5.41, 5.74) is 4.86. The highest BCUT2D eigenvalue weighted by Crippen LogP contribution is 2.41. The highest BCUT2D eigenvalue weighted by molar-refractivity contribution is 6.05. The highest BCUT2D eigenvalue weighted by Gasteiger charge is 2.33. The fourth-order valence-electron chi connectivity index (χ4n) is 9.27. The number of β-amino-alcohol motifs (C(OH)–C–C–N with tert-alkyl or cyclic N) is 1. The normalized spacial score (nSPS) is 18.1. The first kappa shape index (κ1) is 46.2. The molecule has 2 fully saturated rings. The van der Waals surface area contributed by atoms with Gasteiger partial charge in [-0.05, 0) is 107 Å². The molecule has 6 aromatic rings. The number of hydrogen-bond donors (Lipinski definition) is 2. The van der Waals surface area contributed by atoms with Crippen LogP contribution in [0.5, 0.6) is 11.5 Å². The monoisotopic (exact) mass is 906 g/mol. The lowest BCUT2D eigenvalue weighted by atomic mass is 9.85. The molecule has 0 spiro atoms. The van der Waals surface area contributed by atoms with Gasteiger partial charge in [0.2, 0.25) is 0 Å². The minimum atomic E-state index is -3.07. The van der Waals surface area contributed by atoms with Crippen LogP contribution in [0.4, 0.5) is 25.1 Å². The number of benzene rings is 3. The summed E-state index contributed by atoms with van der Waals surface area (Å²) in [6.45, 7) is 9.32. The van der Waals surface area contributed by atoms with E-state index in [2.05, 4.69) is 19.8 Å². The van der Waals surface area contributed by atoms with Crippen molar-refractivity contribution < 1.29 is 42.8 Å². The second-order valence-corrected chi connectivity index (χ2v) is 18.2. The van der Waals surface area contributed by atoms with Gasteiger partial charge in [0.25, 0.3) is 6.43 Å². The number of carboxylic acids is 1. The molecule has 0 unspecified atom stereocenters. The molecule has 1 atom stereocenters. The number of methoxy groups -OCH3 is 2. The van der Waals surface area contributed by atoms with Crippen molar-refractivity contribution in [2.24, 2.45) is 5.92 Å². The van der Waals surface area contributed by atoms with Crippen molar-refractivity contribution in [2.45, 2.75) is 97.1 Å². The molecule has 1 saturated carbocycles. The first-order valence-electron chi connectivity index (χ1n) is 22.2. The topological polar surface area (TPSA) is 168 Å². The molecule has 348 valence electrons. The number of ether oxygens (including phenoxy) is 3. The Morgan fingerprint density at radius 3 is 2.27 bits per heavy atom. The number of aliphatic hydroxyl groups excluding tert-OH is 1. The number of alkyl halides is 2. The first-order valence-corrected chi connectivity index (χ1v) is 22.2. The number of aliphatic hydroxyl groups is 1. The second-order valence-electron chi connectivity index (χ2n) is 18.2. The number of nitrogens with zero attached hydrogens (tertiary/aromatic N) is 8. The van der Waals surface area contributed by atoms with E-state index < -0.39 is 29.9 Å². The lowest BCUT2D eigenvalue weighted by molar-refractivity contribution is -0.143. The zero-order chi connectivity index (χ0) is 47.0. The van der Waals surface area contributed by atoms with E-state index in [1.54, 1.807) is 70.3 Å². The molecule has 2 N–H and O–H groups in total. The van der Waals surface area contributed by atoms with Crippen LogP contribution < -0.4 is 14.4 Å². The van der Waals surface area contributed by atoms with Gasteiger partial charge in [-0.2, -0.15) is 5.10 Å². The average molecular weight is 907 g/mol. The van der Waals surface area contributed by atoms with Gasteiger partial charge in [0.05, 0.1) is 60.4 Å². The molecule has 1 saturated heterocycles. The third-order valence-electron chi connectivity index (χ3n) is 12.6. The molecule has 3 aromatic heterocycles. The van der Waals surface area contributed by atoms with Gasteiger partial charge in [-0.15, -0.1) is 0 Å². The van der Waals surface area contributed by atoms with Crippen LogP contribution in [0.15, 0.2) is 67.0 Å². The van der Waals surface area contributed by atoms with E-state index in [4.69, 9.17) is 24.3 Å². The van der Waals surface area contributed by atoms with E-state index in [9.17, 15) is 28.6 Å². The van der Waals surface area contributed by atoms with E-state index in [0.29, 0.717) is 72.9 Å². The van der Waals surface area contributed by atoms with E-state index in [1.165, 1.54) is 4.90 Å². The number of hydrogen-bond acceptors (Lipinski definition) is 12. The minimum Gasteiger partial charge on any atom is -0.496 e. The van der Waals surface area contributed by atoms with Crippen LogP contribution in [0, 0.1) is 12.8 Å². The van der Waals surface area contributed by atoms with Gasteiger partial charge in [-0.1, -0.05) is 24.3 Å². The summed E-state index contributed by atoms with van der Waals surface area (Å²) in [4.78, 5) is 44.8. The van der Waals surface area contributed by atoms with Crippen LogP contribution >= 0.6 is 0 Å². The van der Waals surface area contributed by atoms with Crippen molar-refractivity contribution in [2.75, 3.05) is 39.3 Å². The van der Waals surface area contributed by atoms with Gasteiger partial charge >= 0.3 is 12.1 Å². The number of rotatable bonds is 13. The second kappa shape index (κ2) is 18.9. The number of carboxylic acid groups (broad SMARTS) is 1.